The summed E-state index contributed by atoms with van der Waals surface area (Å²) in [5, 5.41) is 8.83. The molecule has 0 saturated heterocycles. The van der Waals surface area contributed by atoms with E-state index in [1.165, 1.54) is 36.6 Å². The quantitative estimate of drug-likeness (QED) is 0.661. The summed E-state index contributed by atoms with van der Waals surface area (Å²) in [6.07, 6.45) is 6.78. The van der Waals surface area contributed by atoms with E-state index in [2.05, 4.69) is 10.2 Å². The summed E-state index contributed by atoms with van der Waals surface area (Å²) in [7, 11) is 3.26. The Kier molecular flexibility index (Phi) is 6.28. The fourth-order valence-electron chi connectivity index (χ4n) is 4.10. The Balaban J connectivity index is 1.34. The number of aromatic nitrogens is 2. The normalized spacial score (nSPS) is 17.1. The third-order valence-electron chi connectivity index (χ3n) is 5.77. The molecule has 2 heterocycles. The largest absolute Gasteiger partial charge is 0.493 e. The number of methoxy groups -OCH3 is 2. The van der Waals surface area contributed by atoms with E-state index in [1.807, 2.05) is 17.0 Å². The molecule has 1 amide bonds. The first kappa shape index (κ1) is 20.1. The Morgan fingerprint density at radius 3 is 2.59 bits per heavy atom. The molecule has 1 saturated carbocycles. The lowest BCUT2D eigenvalue weighted by atomic mass is 9.89. The topological polar surface area (TPSA) is 77.7 Å². The molecule has 1 aliphatic carbocycles. The summed E-state index contributed by atoms with van der Waals surface area (Å²) in [6.45, 7) is 1.27. The van der Waals surface area contributed by atoms with Crippen molar-refractivity contribution in [1.29, 1.82) is 0 Å². The second-order valence-corrected chi connectivity index (χ2v) is 8.50. The van der Waals surface area contributed by atoms with Gasteiger partial charge in [-0.3, -0.25) is 4.79 Å². The molecule has 0 radical (unpaired) electrons. The number of hydrogen-bond acceptors (Lipinski definition) is 7. The highest BCUT2D eigenvalue weighted by Crippen LogP contribution is 2.34. The van der Waals surface area contributed by atoms with Gasteiger partial charge in [-0.2, -0.15) is 0 Å². The molecular formula is C21H27N3O4S. The first-order valence-corrected chi connectivity index (χ1v) is 11.1. The van der Waals surface area contributed by atoms with Crippen molar-refractivity contribution < 1.29 is 18.7 Å². The monoisotopic (exact) mass is 417 g/mol. The Labute approximate surface area is 175 Å². The van der Waals surface area contributed by atoms with Gasteiger partial charge >= 0.3 is 0 Å². The van der Waals surface area contributed by atoms with Crippen LogP contribution in [0.5, 0.6) is 11.5 Å². The number of benzene rings is 1. The maximum Gasteiger partial charge on any atom is 0.277 e. The summed E-state index contributed by atoms with van der Waals surface area (Å²) in [4.78, 5) is 14.6. The molecule has 1 aromatic heterocycles. The van der Waals surface area contributed by atoms with Crippen molar-refractivity contribution in [2.45, 2.75) is 56.2 Å². The third-order valence-corrected chi connectivity index (χ3v) is 6.57. The molecule has 0 unspecified atom stereocenters. The summed E-state index contributed by atoms with van der Waals surface area (Å²) >= 11 is 1.33. The molecule has 156 valence electrons. The van der Waals surface area contributed by atoms with Crippen LogP contribution in [-0.2, 0) is 17.8 Å². The van der Waals surface area contributed by atoms with Gasteiger partial charge in [0, 0.05) is 19.0 Å². The number of carbonyl (C=O) groups is 1. The second kappa shape index (κ2) is 9.07. The summed E-state index contributed by atoms with van der Waals surface area (Å²) in [6, 6.07) is 3.98. The van der Waals surface area contributed by atoms with Crippen molar-refractivity contribution in [2.75, 3.05) is 26.5 Å². The van der Waals surface area contributed by atoms with Crippen LogP contribution in [-0.4, -0.2) is 47.5 Å². The van der Waals surface area contributed by atoms with Gasteiger partial charge in [-0.1, -0.05) is 31.0 Å². The molecule has 0 spiro atoms. The Hall–Kier alpha value is -2.22. The van der Waals surface area contributed by atoms with E-state index < -0.39 is 0 Å². The van der Waals surface area contributed by atoms with E-state index in [9.17, 15) is 4.79 Å². The first-order chi connectivity index (χ1) is 14.2. The lowest BCUT2D eigenvalue weighted by Crippen LogP contribution is -2.37. The number of rotatable bonds is 6. The number of nitrogens with zero attached hydrogens (tertiary/aromatic N) is 3. The Morgan fingerprint density at radius 1 is 1.14 bits per heavy atom. The molecule has 0 atom stereocenters. The highest BCUT2D eigenvalue weighted by Gasteiger charge is 2.25. The first-order valence-electron chi connectivity index (χ1n) is 10.2. The van der Waals surface area contributed by atoms with Gasteiger partial charge in [0.05, 0.1) is 20.0 Å². The van der Waals surface area contributed by atoms with Gasteiger partial charge in [0.25, 0.3) is 5.22 Å². The van der Waals surface area contributed by atoms with Crippen LogP contribution in [0.2, 0.25) is 0 Å². The molecule has 1 aromatic carbocycles. The molecular weight excluding hydrogens is 390 g/mol. The van der Waals surface area contributed by atoms with Crippen LogP contribution in [0, 0.1) is 0 Å². The number of fused-ring (bicyclic) bond motifs is 1. The van der Waals surface area contributed by atoms with E-state index in [0.717, 1.165) is 36.5 Å². The van der Waals surface area contributed by atoms with Crippen LogP contribution < -0.4 is 9.47 Å². The SMILES string of the molecule is COc1cc2c(cc1OC)CN(C(=O)CSc1nnc(C3CCCCC3)o1)CC2. The minimum absolute atomic E-state index is 0.0767. The van der Waals surface area contributed by atoms with Gasteiger partial charge in [-0.15, -0.1) is 10.2 Å². The minimum atomic E-state index is 0.0767. The second-order valence-electron chi connectivity index (χ2n) is 7.57. The van der Waals surface area contributed by atoms with Gasteiger partial charge < -0.3 is 18.8 Å². The lowest BCUT2D eigenvalue weighted by Gasteiger charge is -2.29. The van der Waals surface area contributed by atoms with Crippen LogP contribution in [0.25, 0.3) is 0 Å². The van der Waals surface area contributed by atoms with E-state index >= 15 is 0 Å². The van der Waals surface area contributed by atoms with Gasteiger partial charge in [0.1, 0.15) is 0 Å². The molecule has 1 fully saturated rings. The molecule has 29 heavy (non-hydrogen) atoms. The molecule has 2 aliphatic rings. The minimum Gasteiger partial charge on any atom is -0.493 e. The van der Waals surface area contributed by atoms with E-state index in [1.54, 1.807) is 14.2 Å². The van der Waals surface area contributed by atoms with Gasteiger partial charge in [0.15, 0.2) is 11.5 Å². The predicted molar refractivity (Wildman–Crippen MR) is 110 cm³/mol. The fraction of sp³-hybridized carbons (Fsp3) is 0.571. The Morgan fingerprint density at radius 2 is 1.86 bits per heavy atom. The van der Waals surface area contributed by atoms with E-state index in [-0.39, 0.29) is 5.91 Å². The van der Waals surface area contributed by atoms with Crippen molar-refractivity contribution in [3.05, 3.63) is 29.2 Å². The molecule has 7 nitrogen and oxygen atoms in total. The predicted octanol–water partition coefficient (Wildman–Crippen LogP) is 3.81. The smallest absolute Gasteiger partial charge is 0.277 e. The molecule has 2 aromatic rings. The average Bonchev–Trinajstić information content (AvgIpc) is 3.25. The third kappa shape index (κ3) is 4.52. The van der Waals surface area contributed by atoms with Gasteiger partial charge in [-0.25, -0.2) is 0 Å². The zero-order valence-electron chi connectivity index (χ0n) is 17.0. The average molecular weight is 418 g/mol. The highest BCUT2D eigenvalue weighted by atomic mass is 32.2. The lowest BCUT2D eigenvalue weighted by molar-refractivity contribution is -0.129. The van der Waals surface area contributed by atoms with Gasteiger partial charge in [-0.05, 0) is 42.5 Å². The van der Waals surface area contributed by atoms with Crippen molar-refractivity contribution >= 4 is 17.7 Å². The number of ether oxygens (including phenoxy) is 2. The number of thioether (sulfide) groups is 1. The van der Waals surface area contributed by atoms with Crippen LogP contribution >= 0.6 is 11.8 Å². The Bertz CT molecular complexity index is 864. The molecule has 0 bridgehead atoms. The van der Waals surface area contributed by atoms with Crippen LogP contribution in [0.4, 0.5) is 0 Å². The van der Waals surface area contributed by atoms with Crippen molar-refractivity contribution in [3.63, 3.8) is 0 Å². The molecule has 8 heteroatoms. The van der Waals surface area contributed by atoms with E-state index in [0.29, 0.717) is 35.7 Å². The van der Waals surface area contributed by atoms with E-state index in [4.69, 9.17) is 13.9 Å². The van der Waals surface area contributed by atoms with Crippen LogP contribution in [0.1, 0.15) is 55.0 Å². The fourth-order valence-corrected chi connectivity index (χ4v) is 4.78. The number of carbonyl (C=O) groups excluding carboxylic acids is 1. The zero-order chi connectivity index (χ0) is 20.2. The maximum atomic E-state index is 12.7. The standard InChI is InChI=1S/C21H27N3O4S/c1-26-17-10-15-8-9-24(12-16(15)11-18(17)27-2)19(25)13-29-21-23-22-20(28-21)14-6-4-3-5-7-14/h10-11,14H,3-9,12-13H2,1-2H3. The highest BCUT2D eigenvalue weighted by molar-refractivity contribution is 7.99. The maximum absolute atomic E-state index is 12.7. The summed E-state index contributed by atoms with van der Waals surface area (Å²) in [5.41, 5.74) is 2.30. The summed E-state index contributed by atoms with van der Waals surface area (Å²) in [5.74, 6) is 2.91. The number of amides is 1. The van der Waals surface area contributed by atoms with Crippen molar-refractivity contribution in [2.24, 2.45) is 0 Å². The zero-order valence-corrected chi connectivity index (χ0v) is 17.8. The molecule has 4 rings (SSSR count). The summed E-state index contributed by atoms with van der Waals surface area (Å²) < 4.78 is 16.6. The van der Waals surface area contributed by atoms with Crippen molar-refractivity contribution in [3.8, 4) is 11.5 Å². The van der Waals surface area contributed by atoms with Crippen molar-refractivity contribution in [1.82, 2.24) is 15.1 Å². The molecule has 0 N–H and O–H groups in total. The van der Waals surface area contributed by atoms with Gasteiger partial charge in [0.2, 0.25) is 11.8 Å². The molecule has 1 aliphatic heterocycles. The number of hydrogen-bond donors (Lipinski definition) is 0. The van der Waals surface area contributed by atoms with Crippen LogP contribution in [0.3, 0.4) is 0 Å². The van der Waals surface area contributed by atoms with Crippen LogP contribution in [0.15, 0.2) is 21.8 Å².